The molecule has 2 N–H and O–H groups in total. The maximum atomic E-state index is 13.4. The van der Waals surface area contributed by atoms with Gasteiger partial charge in [-0.05, 0) is 18.2 Å². The van der Waals surface area contributed by atoms with Crippen molar-refractivity contribution in [3.63, 3.8) is 0 Å². The van der Waals surface area contributed by atoms with Gasteiger partial charge in [-0.25, -0.2) is 12.8 Å². The fourth-order valence-corrected chi connectivity index (χ4v) is 3.16. The van der Waals surface area contributed by atoms with Gasteiger partial charge in [0.1, 0.15) is 11.6 Å². The first-order chi connectivity index (χ1) is 9.04. The van der Waals surface area contributed by atoms with Crippen molar-refractivity contribution in [2.45, 2.75) is 4.90 Å². The number of rotatable bonds is 4. The van der Waals surface area contributed by atoms with E-state index in [1.807, 2.05) is 0 Å². The van der Waals surface area contributed by atoms with E-state index < -0.39 is 21.4 Å². The molecule has 21 heavy (non-hydrogen) atoms. The smallest absolute Gasteiger partial charge is 0.186 e. The molecular formula is C13H15Cl2FN2O2S. The van der Waals surface area contributed by atoms with Gasteiger partial charge in [0, 0.05) is 18.1 Å². The first-order valence-corrected chi connectivity index (χ1v) is 7.31. The molecule has 0 saturated carbocycles. The average molecular weight is 353 g/mol. The van der Waals surface area contributed by atoms with Crippen molar-refractivity contribution in [2.24, 2.45) is 5.73 Å². The van der Waals surface area contributed by atoms with Crippen LogP contribution in [0.5, 0.6) is 0 Å². The van der Waals surface area contributed by atoms with E-state index in [4.69, 9.17) is 5.73 Å². The number of aromatic nitrogens is 1. The molecule has 0 bridgehead atoms. The zero-order valence-electron chi connectivity index (χ0n) is 10.9. The van der Waals surface area contributed by atoms with Gasteiger partial charge in [0.2, 0.25) is 0 Å². The van der Waals surface area contributed by atoms with Crippen molar-refractivity contribution in [2.75, 3.05) is 12.3 Å². The van der Waals surface area contributed by atoms with Crippen LogP contribution < -0.4 is 5.73 Å². The Balaban J connectivity index is 0.00000200. The zero-order chi connectivity index (χ0) is 13.9. The Morgan fingerprint density at radius 1 is 1.24 bits per heavy atom. The van der Waals surface area contributed by atoms with E-state index in [9.17, 15) is 12.8 Å². The molecule has 1 aromatic carbocycles. The van der Waals surface area contributed by atoms with Crippen LogP contribution in [-0.4, -0.2) is 25.7 Å². The lowest BCUT2D eigenvalue weighted by Crippen LogP contribution is -2.09. The Labute approximate surface area is 135 Å². The Morgan fingerprint density at radius 3 is 2.57 bits per heavy atom. The van der Waals surface area contributed by atoms with Crippen LogP contribution in [-0.2, 0) is 9.84 Å². The highest BCUT2D eigenvalue weighted by molar-refractivity contribution is 7.91. The average Bonchev–Trinajstić information content (AvgIpc) is 2.37. The lowest BCUT2D eigenvalue weighted by Gasteiger charge is -2.06. The van der Waals surface area contributed by atoms with Crippen LogP contribution in [0.2, 0.25) is 0 Å². The predicted molar refractivity (Wildman–Crippen MR) is 86.5 cm³/mol. The second-order valence-corrected chi connectivity index (χ2v) is 5.94. The largest absolute Gasteiger partial charge is 0.327 e. The van der Waals surface area contributed by atoms with Crippen molar-refractivity contribution in [3.05, 3.63) is 48.4 Å². The third-order valence-electron chi connectivity index (χ3n) is 2.60. The van der Waals surface area contributed by atoms with Crippen molar-refractivity contribution in [3.8, 4) is 0 Å². The highest BCUT2D eigenvalue weighted by Crippen LogP contribution is 2.23. The molecule has 2 rings (SSSR count). The molecular weight excluding hydrogens is 338 g/mol. The second-order valence-electron chi connectivity index (χ2n) is 3.98. The van der Waals surface area contributed by atoms with E-state index in [1.165, 1.54) is 12.3 Å². The topological polar surface area (TPSA) is 73.1 Å². The summed E-state index contributed by atoms with van der Waals surface area (Å²) in [5.74, 6) is -1.45. The van der Waals surface area contributed by atoms with E-state index in [2.05, 4.69) is 4.98 Å². The summed E-state index contributed by atoms with van der Waals surface area (Å²) in [6, 6.07) is 8.27. The van der Waals surface area contributed by atoms with Gasteiger partial charge in [-0.3, -0.25) is 4.98 Å². The predicted octanol–water partition coefficient (Wildman–Crippen LogP) is 2.66. The van der Waals surface area contributed by atoms with Crippen LogP contribution in [0.25, 0.3) is 10.9 Å². The van der Waals surface area contributed by atoms with Crippen molar-refractivity contribution in [1.82, 2.24) is 4.98 Å². The van der Waals surface area contributed by atoms with Crippen molar-refractivity contribution >= 4 is 45.6 Å². The number of nitrogens with zero attached hydrogens (tertiary/aromatic N) is 1. The Hall–Kier alpha value is -1.21. The molecule has 0 aliphatic rings. The summed E-state index contributed by atoms with van der Waals surface area (Å²) < 4.78 is 37.7. The molecule has 116 valence electrons. The summed E-state index contributed by atoms with van der Waals surface area (Å²) in [5.41, 5.74) is 5.51. The van der Waals surface area contributed by atoms with Gasteiger partial charge in [0.05, 0.1) is 10.4 Å². The lowest BCUT2D eigenvalue weighted by atomic mass is 10.2. The quantitative estimate of drug-likeness (QED) is 0.917. The van der Waals surface area contributed by atoms with Crippen molar-refractivity contribution < 1.29 is 12.8 Å². The van der Waals surface area contributed by atoms with Gasteiger partial charge in [-0.15, -0.1) is 24.8 Å². The summed E-state index contributed by atoms with van der Waals surface area (Å²) in [7, 11) is -3.77. The van der Waals surface area contributed by atoms with Gasteiger partial charge < -0.3 is 5.73 Å². The summed E-state index contributed by atoms with van der Waals surface area (Å²) >= 11 is 0. The number of benzene rings is 1. The molecule has 0 fully saturated rings. The molecule has 2 aromatic rings. The zero-order valence-corrected chi connectivity index (χ0v) is 13.3. The number of hydrogen-bond donors (Lipinski definition) is 1. The number of para-hydroxylation sites is 1. The Bertz CT molecular complexity index is 731. The van der Waals surface area contributed by atoms with E-state index in [0.29, 0.717) is 10.9 Å². The van der Waals surface area contributed by atoms with Gasteiger partial charge in [-0.1, -0.05) is 18.2 Å². The first kappa shape index (κ1) is 19.8. The minimum absolute atomic E-state index is 0. The molecule has 1 heterocycles. The standard InChI is InChI=1S/C13H13FN2O2S.2ClH/c14-11(6-7-15)9-19(17,18)12-5-1-3-10-4-2-8-16-13(10)12;;/h1-6,8H,7,9,15H2;2*1H/b11-6-;;. The number of halogens is 3. The Morgan fingerprint density at radius 2 is 1.90 bits per heavy atom. The monoisotopic (exact) mass is 352 g/mol. The molecule has 0 spiro atoms. The van der Waals surface area contributed by atoms with E-state index >= 15 is 0 Å². The molecule has 0 saturated heterocycles. The minimum Gasteiger partial charge on any atom is -0.327 e. The Kier molecular flexibility index (Phi) is 7.81. The SMILES string of the molecule is Cl.Cl.NC/C=C(\F)CS(=O)(=O)c1cccc2cccnc12. The van der Waals surface area contributed by atoms with Crippen LogP contribution in [0.4, 0.5) is 4.39 Å². The molecule has 8 heteroatoms. The second kappa shape index (κ2) is 8.29. The van der Waals surface area contributed by atoms with E-state index in [0.717, 1.165) is 6.08 Å². The van der Waals surface area contributed by atoms with Gasteiger partial charge in [0.25, 0.3) is 0 Å². The number of nitrogens with two attached hydrogens (primary N) is 1. The van der Waals surface area contributed by atoms with Crippen LogP contribution in [0, 0.1) is 0 Å². The van der Waals surface area contributed by atoms with Crippen molar-refractivity contribution in [1.29, 1.82) is 0 Å². The van der Waals surface area contributed by atoms with Crippen LogP contribution in [0.1, 0.15) is 0 Å². The number of pyridine rings is 1. The minimum atomic E-state index is -3.77. The van der Waals surface area contributed by atoms with Gasteiger partial charge in [-0.2, -0.15) is 0 Å². The fourth-order valence-electron chi connectivity index (χ4n) is 1.77. The van der Waals surface area contributed by atoms with Gasteiger partial charge >= 0.3 is 0 Å². The van der Waals surface area contributed by atoms with Crippen LogP contribution in [0.15, 0.2) is 53.3 Å². The highest BCUT2D eigenvalue weighted by Gasteiger charge is 2.20. The lowest BCUT2D eigenvalue weighted by molar-refractivity contribution is 0.583. The number of fused-ring (bicyclic) bond motifs is 1. The molecule has 0 amide bonds. The molecule has 0 aliphatic heterocycles. The van der Waals surface area contributed by atoms with E-state index in [1.54, 1.807) is 24.3 Å². The maximum absolute atomic E-state index is 13.4. The molecule has 1 aromatic heterocycles. The first-order valence-electron chi connectivity index (χ1n) is 5.66. The summed E-state index contributed by atoms with van der Waals surface area (Å²) in [4.78, 5) is 4.09. The molecule has 4 nitrogen and oxygen atoms in total. The molecule has 0 radical (unpaired) electrons. The maximum Gasteiger partial charge on any atom is 0.186 e. The third kappa shape index (κ3) is 4.64. The molecule has 0 atom stereocenters. The number of hydrogen-bond acceptors (Lipinski definition) is 4. The molecule has 0 aliphatic carbocycles. The summed E-state index contributed by atoms with van der Waals surface area (Å²) in [6.45, 7) is -0.0326. The summed E-state index contributed by atoms with van der Waals surface area (Å²) in [5, 5.41) is 0.701. The van der Waals surface area contributed by atoms with Gasteiger partial charge in [0.15, 0.2) is 9.84 Å². The van der Waals surface area contributed by atoms with Crippen LogP contribution in [0.3, 0.4) is 0 Å². The third-order valence-corrected chi connectivity index (χ3v) is 4.25. The summed E-state index contributed by atoms with van der Waals surface area (Å²) in [6.07, 6.45) is 2.56. The van der Waals surface area contributed by atoms with Crippen LogP contribution >= 0.6 is 24.8 Å². The van der Waals surface area contributed by atoms with E-state index in [-0.39, 0.29) is 36.3 Å². The molecule has 0 unspecified atom stereocenters. The number of sulfone groups is 1. The highest BCUT2D eigenvalue weighted by atomic mass is 35.5. The normalized spacial score (nSPS) is 11.6. The fraction of sp³-hybridized carbons (Fsp3) is 0.154.